The summed E-state index contributed by atoms with van der Waals surface area (Å²) in [5.41, 5.74) is 0. The molecule has 0 aromatic carbocycles. The molecule has 0 rings (SSSR count). The fourth-order valence-electron chi connectivity index (χ4n) is 0.829. The maximum atomic E-state index is 10.0. The Morgan fingerprint density at radius 3 is 2.14 bits per heavy atom. The standard InChI is InChI=1S/C8H16O2.HNO3/c1-7(2)5-3-4-6-8(9)10;2-1(3)4/h7H,3-6H2,1-2H3,(H,9,10);(H,2,3,4). The highest BCUT2D eigenvalue weighted by molar-refractivity contribution is 5.66. The van der Waals surface area contributed by atoms with Crippen LogP contribution in [0.15, 0.2) is 0 Å². The summed E-state index contributed by atoms with van der Waals surface area (Å²) in [6.07, 6.45) is 3.34. The summed E-state index contributed by atoms with van der Waals surface area (Å²) >= 11 is 0. The Labute approximate surface area is 82.7 Å². The number of hydrogen-bond donors (Lipinski definition) is 2. The van der Waals surface area contributed by atoms with Gasteiger partial charge in [0, 0.05) is 6.42 Å². The van der Waals surface area contributed by atoms with Crippen LogP contribution < -0.4 is 0 Å². The lowest BCUT2D eigenvalue weighted by Crippen LogP contribution is -1.94. The van der Waals surface area contributed by atoms with Crippen molar-refractivity contribution in [3.63, 3.8) is 0 Å². The predicted octanol–water partition coefficient (Wildman–Crippen LogP) is 1.94. The number of hydrogen-bond acceptors (Lipinski definition) is 3. The molecule has 0 aliphatic carbocycles. The van der Waals surface area contributed by atoms with E-state index in [0.717, 1.165) is 19.3 Å². The third-order valence-electron chi connectivity index (χ3n) is 1.42. The van der Waals surface area contributed by atoms with Crippen LogP contribution in [0.2, 0.25) is 0 Å². The molecule has 14 heavy (non-hydrogen) atoms. The van der Waals surface area contributed by atoms with E-state index in [4.69, 9.17) is 20.4 Å². The summed E-state index contributed by atoms with van der Waals surface area (Å²) in [6.45, 7) is 4.31. The van der Waals surface area contributed by atoms with Crippen LogP contribution in [0, 0.1) is 16.0 Å². The average molecular weight is 207 g/mol. The van der Waals surface area contributed by atoms with Gasteiger partial charge in [0.25, 0.3) is 5.09 Å². The van der Waals surface area contributed by atoms with E-state index in [1.54, 1.807) is 0 Å². The minimum absolute atomic E-state index is 0.326. The van der Waals surface area contributed by atoms with Crippen molar-refractivity contribution >= 4 is 5.97 Å². The zero-order chi connectivity index (χ0) is 11.6. The molecular weight excluding hydrogens is 190 g/mol. The van der Waals surface area contributed by atoms with Gasteiger partial charge in [0.05, 0.1) is 0 Å². The van der Waals surface area contributed by atoms with Gasteiger partial charge in [-0.1, -0.05) is 26.7 Å². The zero-order valence-electron chi connectivity index (χ0n) is 8.47. The first-order valence-electron chi connectivity index (χ1n) is 4.41. The van der Waals surface area contributed by atoms with Crippen LogP contribution >= 0.6 is 0 Å². The van der Waals surface area contributed by atoms with Gasteiger partial charge in [-0.2, -0.15) is 0 Å². The molecule has 0 fully saturated rings. The number of carbonyl (C=O) groups is 1. The first kappa shape index (κ1) is 15.2. The number of unbranched alkanes of at least 4 members (excludes halogenated alkanes) is 1. The van der Waals surface area contributed by atoms with E-state index in [-0.39, 0.29) is 0 Å². The Morgan fingerprint density at radius 2 is 1.86 bits per heavy atom. The highest BCUT2D eigenvalue weighted by Crippen LogP contribution is 2.07. The minimum atomic E-state index is -1.50. The van der Waals surface area contributed by atoms with Gasteiger partial charge >= 0.3 is 5.97 Å². The molecule has 6 nitrogen and oxygen atoms in total. The summed E-state index contributed by atoms with van der Waals surface area (Å²) in [7, 11) is 0. The van der Waals surface area contributed by atoms with Gasteiger partial charge in [-0.15, -0.1) is 10.1 Å². The van der Waals surface area contributed by atoms with E-state index >= 15 is 0 Å². The highest BCUT2D eigenvalue weighted by Gasteiger charge is 1.97. The molecule has 0 amide bonds. The van der Waals surface area contributed by atoms with Crippen molar-refractivity contribution in [1.29, 1.82) is 0 Å². The molecule has 2 N–H and O–H groups in total. The Morgan fingerprint density at radius 1 is 1.43 bits per heavy atom. The SMILES string of the molecule is CC(C)CCCCC(=O)O.O=[N+]([O-])O. The Hall–Kier alpha value is -1.33. The summed E-state index contributed by atoms with van der Waals surface area (Å²) in [5, 5.41) is 21.9. The van der Waals surface area contributed by atoms with Gasteiger partial charge in [0.15, 0.2) is 0 Å². The third-order valence-corrected chi connectivity index (χ3v) is 1.42. The number of carboxylic acids is 1. The number of nitrogens with zero attached hydrogens (tertiary/aromatic N) is 1. The van der Waals surface area contributed by atoms with E-state index in [1.807, 2.05) is 0 Å². The maximum absolute atomic E-state index is 10.0. The molecule has 0 spiro atoms. The molecule has 0 heterocycles. The van der Waals surface area contributed by atoms with Crippen LogP contribution in [0.1, 0.15) is 39.5 Å². The molecule has 0 saturated heterocycles. The Kier molecular flexibility index (Phi) is 10.6. The van der Waals surface area contributed by atoms with Crippen molar-refractivity contribution in [1.82, 2.24) is 0 Å². The van der Waals surface area contributed by atoms with Gasteiger partial charge in [-0.3, -0.25) is 4.79 Å². The number of aliphatic carboxylic acids is 1. The molecule has 84 valence electrons. The topological polar surface area (TPSA) is 101 Å². The lowest BCUT2D eigenvalue weighted by atomic mass is 10.1. The molecule has 0 aliphatic rings. The van der Waals surface area contributed by atoms with Crippen LogP contribution in [0.4, 0.5) is 0 Å². The molecule has 0 aliphatic heterocycles. The molecule has 0 bridgehead atoms. The van der Waals surface area contributed by atoms with E-state index in [9.17, 15) is 4.79 Å². The average Bonchev–Trinajstić information content (AvgIpc) is 1.96. The fraction of sp³-hybridized carbons (Fsp3) is 0.875. The van der Waals surface area contributed by atoms with Crippen molar-refractivity contribution in [2.75, 3.05) is 0 Å². The Bertz CT molecular complexity index is 165. The van der Waals surface area contributed by atoms with Crippen molar-refractivity contribution in [2.45, 2.75) is 39.5 Å². The minimum Gasteiger partial charge on any atom is -0.481 e. The van der Waals surface area contributed by atoms with Crippen LogP contribution in [0.25, 0.3) is 0 Å². The van der Waals surface area contributed by atoms with E-state index in [2.05, 4.69) is 13.8 Å². The highest BCUT2D eigenvalue weighted by atomic mass is 16.9. The second-order valence-electron chi connectivity index (χ2n) is 3.27. The quantitative estimate of drug-likeness (QED) is 0.407. The normalized spacial score (nSPS) is 9.07. The molecule has 0 aromatic rings. The monoisotopic (exact) mass is 207 g/mol. The van der Waals surface area contributed by atoms with Gasteiger partial charge in [-0.05, 0) is 12.3 Å². The van der Waals surface area contributed by atoms with Crippen LogP contribution in [-0.4, -0.2) is 21.4 Å². The molecule has 6 heteroatoms. The summed E-state index contributed by atoms with van der Waals surface area (Å²) in [4.78, 5) is 18.4. The van der Waals surface area contributed by atoms with E-state index in [1.165, 1.54) is 0 Å². The number of carboxylic acid groups (broad SMARTS) is 1. The van der Waals surface area contributed by atoms with Gasteiger partial charge in [0.1, 0.15) is 0 Å². The second-order valence-corrected chi connectivity index (χ2v) is 3.27. The first-order chi connectivity index (χ1) is 6.36. The van der Waals surface area contributed by atoms with Crippen LogP contribution in [-0.2, 0) is 4.79 Å². The van der Waals surface area contributed by atoms with Gasteiger partial charge < -0.3 is 10.3 Å². The lowest BCUT2D eigenvalue weighted by Gasteiger charge is -2.01. The van der Waals surface area contributed by atoms with Crippen molar-refractivity contribution < 1.29 is 20.2 Å². The zero-order valence-corrected chi connectivity index (χ0v) is 8.47. The largest absolute Gasteiger partial charge is 0.481 e. The van der Waals surface area contributed by atoms with Crippen molar-refractivity contribution in [3.05, 3.63) is 10.1 Å². The van der Waals surface area contributed by atoms with E-state index in [0.29, 0.717) is 12.3 Å². The lowest BCUT2D eigenvalue weighted by molar-refractivity contribution is -0.742. The molecule has 0 aromatic heterocycles. The van der Waals surface area contributed by atoms with E-state index < -0.39 is 11.1 Å². The number of rotatable bonds is 5. The van der Waals surface area contributed by atoms with Crippen molar-refractivity contribution in [2.24, 2.45) is 5.92 Å². The summed E-state index contributed by atoms with van der Waals surface area (Å²) in [6, 6.07) is 0. The van der Waals surface area contributed by atoms with Crippen LogP contribution in [0.5, 0.6) is 0 Å². The molecule has 0 unspecified atom stereocenters. The third kappa shape index (κ3) is 31.0. The maximum Gasteiger partial charge on any atom is 0.303 e. The second kappa shape index (κ2) is 9.76. The fourth-order valence-corrected chi connectivity index (χ4v) is 0.829. The molecular formula is C8H17NO5. The van der Waals surface area contributed by atoms with Crippen molar-refractivity contribution in [3.8, 4) is 0 Å². The summed E-state index contributed by atoms with van der Waals surface area (Å²) in [5.74, 6) is 0.0255. The smallest absolute Gasteiger partial charge is 0.303 e. The van der Waals surface area contributed by atoms with Gasteiger partial charge in [0.2, 0.25) is 0 Å². The van der Waals surface area contributed by atoms with Crippen LogP contribution in [0.3, 0.4) is 0 Å². The predicted molar refractivity (Wildman–Crippen MR) is 49.7 cm³/mol. The molecule has 0 saturated carbocycles. The summed E-state index contributed by atoms with van der Waals surface area (Å²) < 4.78 is 0. The molecule has 0 atom stereocenters. The Balaban J connectivity index is 0. The molecule has 0 radical (unpaired) electrons. The van der Waals surface area contributed by atoms with Gasteiger partial charge in [-0.25, -0.2) is 0 Å². The first-order valence-corrected chi connectivity index (χ1v) is 4.41.